The van der Waals surface area contributed by atoms with Gasteiger partial charge >= 0.3 is 0 Å². The van der Waals surface area contributed by atoms with Gasteiger partial charge in [-0.1, -0.05) is 0 Å². The Hall–Kier alpha value is -1.06. The molecule has 0 aliphatic rings. The van der Waals surface area contributed by atoms with Crippen molar-refractivity contribution in [1.82, 2.24) is 0 Å². The van der Waals surface area contributed by atoms with Gasteiger partial charge in [-0.3, -0.25) is 0 Å². The first kappa shape index (κ1) is 9.94. The molecule has 6 N–H and O–H groups in total. The maximum Gasteiger partial charge on any atom is 0.131 e. The topological polar surface area (TPSA) is 73.9 Å². The Morgan fingerprint density at radius 3 is 2.27 bits per heavy atom. The molecule has 3 heteroatoms. The third-order valence-corrected chi connectivity index (χ3v) is 1.37. The summed E-state index contributed by atoms with van der Waals surface area (Å²) in [5.74, 6) is 0. The molecule has 0 radical (unpaired) electrons. The number of aliphatic hydroxyl groups is 1. The van der Waals surface area contributed by atoms with Crippen molar-refractivity contribution in [3.63, 3.8) is 0 Å². The Bertz CT molecular complexity index is 223. The highest BCUT2D eigenvalue weighted by Gasteiger charge is 1.93. The third kappa shape index (κ3) is 3.02. The van der Waals surface area contributed by atoms with Gasteiger partial charge in [-0.15, -0.1) is 0 Å². The summed E-state index contributed by atoms with van der Waals surface area (Å²) in [6.45, 7) is 2.00. The normalized spacial score (nSPS) is 8.36. The van der Waals surface area contributed by atoms with Crippen molar-refractivity contribution in [2.45, 2.75) is 6.92 Å². The second-order valence-corrected chi connectivity index (χ2v) is 2.19. The molecular weight excluding hydrogens is 140 g/mol. The standard InChI is InChI=1S/C7H10N2.CH4O/c1-5-4-6(8)2-3-7(5)9;1-2/h2-4H,8-9H2,1H3;2H,1H3/p+1. The minimum absolute atomic E-state index is 0.805. The van der Waals surface area contributed by atoms with Crippen molar-refractivity contribution in [2.75, 3.05) is 12.8 Å². The number of aryl methyl sites for hydroxylation is 1. The van der Waals surface area contributed by atoms with Crippen molar-refractivity contribution in [3.05, 3.63) is 23.8 Å². The molecule has 11 heavy (non-hydrogen) atoms. The van der Waals surface area contributed by atoms with Crippen LogP contribution in [-0.2, 0) is 0 Å². The molecule has 62 valence electrons. The molecule has 0 saturated carbocycles. The average Bonchev–Trinajstić information content (AvgIpc) is 2.02. The number of quaternary nitrogens is 1. The number of rotatable bonds is 0. The molecule has 0 aromatic heterocycles. The van der Waals surface area contributed by atoms with Crippen molar-refractivity contribution in [2.24, 2.45) is 0 Å². The van der Waals surface area contributed by atoms with Crippen LogP contribution in [0.15, 0.2) is 18.2 Å². The van der Waals surface area contributed by atoms with Gasteiger partial charge in [-0.05, 0) is 19.1 Å². The van der Waals surface area contributed by atoms with Gasteiger partial charge in [-0.25, -0.2) is 0 Å². The van der Waals surface area contributed by atoms with Gasteiger partial charge in [0.15, 0.2) is 0 Å². The van der Waals surface area contributed by atoms with E-state index < -0.39 is 0 Å². The number of nitrogens with two attached hydrogens (primary N) is 1. The van der Waals surface area contributed by atoms with Gasteiger partial charge in [0.1, 0.15) is 5.69 Å². The Morgan fingerprint density at radius 1 is 1.36 bits per heavy atom. The second-order valence-electron chi connectivity index (χ2n) is 2.19. The molecule has 1 aromatic rings. The molecule has 0 atom stereocenters. The quantitative estimate of drug-likeness (QED) is 0.463. The zero-order valence-electron chi connectivity index (χ0n) is 6.96. The minimum atomic E-state index is 0.805. The van der Waals surface area contributed by atoms with Crippen molar-refractivity contribution >= 4 is 11.4 Å². The second kappa shape index (κ2) is 4.71. The number of benzene rings is 1. The predicted molar refractivity (Wildman–Crippen MR) is 46.3 cm³/mol. The highest BCUT2D eigenvalue weighted by Crippen LogP contribution is 2.11. The summed E-state index contributed by atoms with van der Waals surface area (Å²) in [5, 5.41) is 7.00. The van der Waals surface area contributed by atoms with Gasteiger partial charge in [0.25, 0.3) is 0 Å². The van der Waals surface area contributed by atoms with E-state index in [1.54, 1.807) is 0 Å². The zero-order valence-corrected chi connectivity index (χ0v) is 6.96. The lowest BCUT2D eigenvalue weighted by Crippen LogP contribution is -2.40. The Labute approximate surface area is 66.6 Å². The molecule has 1 aromatic carbocycles. The van der Waals surface area contributed by atoms with E-state index in [2.05, 4.69) is 5.73 Å². The first-order valence-corrected chi connectivity index (χ1v) is 3.33. The molecule has 0 aliphatic heterocycles. The van der Waals surface area contributed by atoms with E-state index >= 15 is 0 Å². The Balaban J connectivity index is 0.000000461. The van der Waals surface area contributed by atoms with Crippen molar-refractivity contribution < 1.29 is 10.8 Å². The first-order valence-electron chi connectivity index (χ1n) is 3.33. The molecule has 0 fully saturated rings. The van der Waals surface area contributed by atoms with Gasteiger partial charge in [0.2, 0.25) is 0 Å². The first-order chi connectivity index (χ1) is 5.20. The molecule has 1 rings (SSSR count). The number of anilines is 1. The smallest absolute Gasteiger partial charge is 0.131 e. The molecule has 0 heterocycles. The number of nitrogen functional groups attached to an aromatic ring is 1. The Kier molecular flexibility index (Phi) is 4.26. The SMILES string of the molecule is CO.Cc1cc(N)ccc1[NH3+]. The molecule has 3 nitrogen and oxygen atoms in total. The van der Waals surface area contributed by atoms with E-state index in [1.165, 1.54) is 0 Å². The van der Waals surface area contributed by atoms with E-state index in [1.807, 2.05) is 25.1 Å². The van der Waals surface area contributed by atoms with Crippen LogP contribution in [0.25, 0.3) is 0 Å². The van der Waals surface area contributed by atoms with E-state index in [0.717, 1.165) is 24.0 Å². The molecule has 0 spiro atoms. The van der Waals surface area contributed by atoms with E-state index in [4.69, 9.17) is 10.8 Å². The van der Waals surface area contributed by atoms with Crippen LogP contribution in [0.1, 0.15) is 5.56 Å². The van der Waals surface area contributed by atoms with Crippen molar-refractivity contribution in [1.29, 1.82) is 0 Å². The number of aliphatic hydroxyl groups excluding tert-OH is 1. The fraction of sp³-hybridized carbons (Fsp3) is 0.250. The van der Waals surface area contributed by atoms with E-state index in [-0.39, 0.29) is 0 Å². The fourth-order valence-corrected chi connectivity index (χ4v) is 0.719. The molecule has 0 amide bonds. The monoisotopic (exact) mass is 155 g/mol. The van der Waals surface area contributed by atoms with Crippen LogP contribution >= 0.6 is 0 Å². The van der Waals surface area contributed by atoms with Gasteiger partial charge in [-0.2, -0.15) is 0 Å². The highest BCUT2D eigenvalue weighted by molar-refractivity contribution is 5.49. The number of hydrogen-bond donors (Lipinski definition) is 3. The maximum absolute atomic E-state index is 7.00. The van der Waals surface area contributed by atoms with Crippen LogP contribution in [0.3, 0.4) is 0 Å². The maximum atomic E-state index is 7.00. The molecule has 0 aliphatic carbocycles. The highest BCUT2D eigenvalue weighted by atomic mass is 16.2. The Morgan fingerprint density at radius 2 is 1.91 bits per heavy atom. The van der Waals surface area contributed by atoms with Gasteiger partial charge in [0, 0.05) is 24.4 Å². The van der Waals surface area contributed by atoms with E-state index in [9.17, 15) is 0 Å². The van der Waals surface area contributed by atoms with Crippen LogP contribution in [0, 0.1) is 6.92 Å². The lowest BCUT2D eigenvalue weighted by molar-refractivity contribution is -0.255. The molecular formula is C8H15N2O+. The van der Waals surface area contributed by atoms with Gasteiger partial charge < -0.3 is 16.6 Å². The van der Waals surface area contributed by atoms with Crippen LogP contribution < -0.4 is 11.5 Å². The van der Waals surface area contributed by atoms with Crippen LogP contribution in [0.4, 0.5) is 11.4 Å². The largest absolute Gasteiger partial charge is 0.400 e. The molecule has 0 saturated heterocycles. The summed E-state index contributed by atoms with van der Waals surface area (Å²) < 4.78 is 0. The van der Waals surface area contributed by atoms with Crippen LogP contribution in [0.5, 0.6) is 0 Å². The van der Waals surface area contributed by atoms with Crippen LogP contribution in [-0.4, -0.2) is 12.2 Å². The van der Waals surface area contributed by atoms with Crippen molar-refractivity contribution in [3.8, 4) is 0 Å². The summed E-state index contributed by atoms with van der Waals surface area (Å²) in [6, 6.07) is 5.70. The summed E-state index contributed by atoms with van der Waals surface area (Å²) in [7, 11) is 1.00. The fourth-order valence-electron chi connectivity index (χ4n) is 0.719. The lowest BCUT2D eigenvalue weighted by atomic mass is 10.2. The molecule has 0 unspecified atom stereocenters. The number of hydrogen-bond acceptors (Lipinski definition) is 2. The zero-order chi connectivity index (χ0) is 8.85. The third-order valence-electron chi connectivity index (χ3n) is 1.37. The van der Waals surface area contributed by atoms with Gasteiger partial charge in [0.05, 0.1) is 0 Å². The van der Waals surface area contributed by atoms with E-state index in [0.29, 0.717) is 0 Å². The summed E-state index contributed by atoms with van der Waals surface area (Å²) in [6.07, 6.45) is 0. The summed E-state index contributed by atoms with van der Waals surface area (Å²) in [4.78, 5) is 0. The predicted octanol–water partition coefficient (Wildman–Crippen LogP) is 0.0591. The molecule has 0 bridgehead atoms. The average molecular weight is 155 g/mol. The lowest BCUT2D eigenvalue weighted by Gasteiger charge is -1.95. The minimum Gasteiger partial charge on any atom is -0.400 e. The summed E-state index contributed by atoms with van der Waals surface area (Å²) in [5.41, 5.74) is 12.3. The summed E-state index contributed by atoms with van der Waals surface area (Å²) >= 11 is 0. The van der Waals surface area contributed by atoms with Crippen LogP contribution in [0.2, 0.25) is 0 Å².